The zero-order valence-electron chi connectivity index (χ0n) is 28.1. The topological polar surface area (TPSA) is 138 Å². The second kappa shape index (κ2) is 25.4. The van der Waals surface area contributed by atoms with Crippen molar-refractivity contribution in [3.63, 3.8) is 0 Å². The Labute approximate surface area is 248 Å². The van der Waals surface area contributed by atoms with Gasteiger partial charge in [0.1, 0.15) is 0 Å². The normalized spacial score (nSPS) is 11.7. The van der Waals surface area contributed by atoms with Gasteiger partial charge in [-0.2, -0.15) is 0 Å². The van der Waals surface area contributed by atoms with Gasteiger partial charge >= 0.3 is 0 Å². The van der Waals surface area contributed by atoms with Crippen LogP contribution >= 0.6 is 0 Å². The number of hydrogen-bond acceptors (Lipinski definition) is 6. The van der Waals surface area contributed by atoms with Crippen molar-refractivity contribution >= 4 is 0 Å². The van der Waals surface area contributed by atoms with Gasteiger partial charge in [-0.3, -0.25) is 0 Å². The Balaban J connectivity index is -0.0000000581. The van der Waals surface area contributed by atoms with E-state index in [4.69, 9.17) is 0 Å². The molecule has 0 saturated heterocycles. The first-order valence-corrected chi connectivity index (χ1v) is 13.6. The summed E-state index contributed by atoms with van der Waals surface area (Å²) in [6, 6.07) is 0. The van der Waals surface area contributed by atoms with E-state index in [0.717, 1.165) is 0 Å². The minimum absolute atomic E-state index is 0. The molecule has 0 N–H and O–H groups in total. The SMILES string of the molecule is CCC(C)(C)[O-].CCC(C)(C)[O-].CCC(C)(C)[O-].CCC(C)(C)[O-].CCC(C)(C)[O-].CCC(C)(C)[O-].[W]. The Bertz CT molecular complexity index is 317. The second-order valence-electron chi connectivity index (χ2n) is 12.7. The molecule has 0 amide bonds. The Morgan fingerprint density at radius 1 is 0.270 bits per heavy atom. The third-order valence-electron chi connectivity index (χ3n) is 5.11. The Hall–Kier alpha value is 0.448. The zero-order valence-corrected chi connectivity index (χ0v) is 31.0. The molecule has 0 spiro atoms. The summed E-state index contributed by atoms with van der Waals surface area (Å²) in [6.07, 6.45) is 4.29. The molecular formula is C30H66O6W-6. The third kappa shape index (κ3) is 127. The molecule has 0 unspecified atom stereocenters. The maximum Gasteiger partial charge on any atom is 0 e. The molecule has 0 heterocycles. The Morgan fingerprint density at radius 3 is 0.297 bits per heavy atom. The van der Waals surface area contributed by atoms with E-state index in [1.807, 2.05) is 41.5 Å². The average Bonchev–Trinajstić information content (AvgIpc) is 2.67. The van der Waals surface area contributed by atoms with Crippen molar-refractivity contribution in [3.05, 3.63) is 0 Å². The molecular weight excluding hydrogens is 640 g/mol. The van der Waals surface area contributed by atoms with Gasteiger partial charge in [-0.25, -0.2) is 0 Å². The summed E-state index contributed by atoms with van der Waals surface area (Å²) in [6.45, 7) is 31.6. The predicted molar refractivity (Wildman–Crippen MR) is 146 cm³/mol. The monoisotopic (exact) mass is 706 g/mol. The Morgan fingerprint density at radius 2 is 0.297 bits per heavy atom. The van der Waals surface area contributed by atoms with E-state index in [9.17, 15) is 30.6 Å². The van der Waals surface area contributed by atoms with Crippen molar-refractivity contribution in [1.82, 2.24) is 0 Å². The van der Waals surface area contributed by atoms with Crippen LogP contribution in [0.4, 0.5) is 0 Å². The number of rotatable bonds is 6. The predicted octanol–water partition coefficient (Wildman–Crippen LogP) is 3.21. The van der Waals surface area contributed by atoms with Crippen molar-refractivity contribution in [2.45, 2.75) is 197 Å². The Kier molecular flexibility index (Phi) is 36.9. The molecule has 0 radical (unpaired) electrons. The van der Waals surface area contributed by atoms with Crippen LogP contribution in [0.25, 0.3) is 0 Å². The van der Waals surface area contributed by atoms with E-state index in [2.05, 4.69) is 0 Å². The van der Waals surface area contributed by atoms with Gasteiger partial charge in [-0.05, 0) is 0 Å². The van der Waals surface area contributed by atoms with Crippen LogP contribution < -0.4 is 30.6 Å². The van der Waals surface area contributed by atoms with Crippen LogP contribution in [0, 0.1) is 0 Å². The van der Waals surface area contributed by atoms with Crippen LogP contribution in [0.1, 0.15) is 163 Å². The van der Waals surface area contributed by atoms with E-state index in [-0.39, 0.29) is 21.1 Å². The fraction of sp³-hybridized carbons (Fsp3) is 1.00. The fourth-order valence-electron chi connectivity index (χ4n) is 0. The van der Waals surface area contributed by atoms with E-state index in [1.54, 1.807) is 83.1 Å². The molecule has 0 atom stereocenters. The molecule has 7 heteroatoms. The van der Waals surface area contributed by atoms with Gasteiger partial charge in [0.25, 0.3) is 0 Å². The van der Waals surface area contributed by atoms with Gasteiger partial charge in [-0.15, -0.1) is 33.6 Å². The van der Waals surface area contributed by atoms with E-state index < -0.39 is 33.6 Å². The molecule has 0 bridgehead atoms. The van der Waals surface area contributed by atoms with Crippen LogP contribution in [0.3, 0.4) is 0 Å². The summed E-state index contributed by atoms with van der Waals surface area (Å²) in [5.74, 6) is 0. The molecule has 0 aromatic rings. The molecule has 0 aliphatic carbocycles. The first-order chi connectivity index (χ1) is 15.4. The minimum Gasteiger partial charge on any atom is -0.850 e. The third-order valence-corrected chi connectivity index (χ3v) is 5.11. The standard InChI is InChI=1S/6C5H11O.W/c6*1-4-5(2,3)6;/h6*4H2,1-3H3;/q6*-1;. The maximum atomic E-state index is 10.5. The molecule has 37 heavy (non-hydrogen) atoms. The molecule has 0 fully saturated rings. The van der Waals surface area contributed by atoms with Crippen LogP contribution in [0.15, 0.2) is 0 Å². The first-order valence-electron chi connectivity index (χ1n) is 13.6. The second-order valence-corrected chi connectivity index (χ2v) is 12.7. The van der Waals surface area contributed by atoms with Gasteiger partial charge in [0, 0.05) is 21.1 Å². The average molecular weight is 707 g/mol. The molecule has 0 aromatic carbocycles. The maximum absolute atomic E-state index is 10.5. The van der Waals surface area contributed by atoms with Gasteiger partial charge in [0.15, 0.2) is 0 Å². The van der Waals surface area contributed by atoms with E-state index in [0.29, 0.717) is 38.5 Å². The van der Waals surface area contributed by atoms with Crippen molar-refractivity contribution in [1.29, 1.82) is 0 Å². The molecule has 0 aromatic heterocycles. The first kappa shape index (κ1) is 53.7. The van der Waals surface area contributed by atoms with Crippen molar-refractivity contribution < 1.29 is 51.7 Å². The quantitative estimate of drug-likeness (QED) is 0.416. The largest absolute Gasteiger partial charge is 0.850 e. The van der Waals surface area contributed by atoms with Crippen molar-refractivity contribution in [3.8, 4) is 0 Å². The summed E-state index contributed by atoms with van der Waals surface area (Å²) >= 11 is 0. The van der Waals surface area contributed by atoms with Crippen LogP contribution in [0.5, 0.6) is 0 Å². The van der Waals surface area contributed by atoms with Crippen molar-refractivity contribution in [2.24, 2.45) is 0 Å². The molecule has 0 aliphatic rings. The van der Waals surface area contributed by atoms with Crippen LogP contribution in [0.2, 0.25) is 0 Å². The zero-order chi connectivity index (χ0) is 31.2. The smallest absolute Gasteiger partial charge is 0 e. The summed E-state index contributed by atoms with van der Waals surface area (Å²) in [5, 5.41) is 62.8. The molecule has 0 rings (SSSR count). The number of hydrogen-bond donors (Lipinski definition) is 0. The van der Waals surface area contributed by atoms with Gasteiger partial charge in [0.05, 0.1) is 0 Å². The van der Waals surface area contributed by atoms with Crippen LogP contribution in [-0.2, 0) is 21.1 Å². The van der Waals surface area contributed by atoms with Crippen LogP contribution in [-0.4, -0.2) is 33.6 Å². The minimum atomic E-state index is -0.708. The summed E-state index contributed by atoms with van der Waals surface area (Å²) in [7, 11) is 0. The summed E-state index contributed by atoms with van der Waals surface area (Å²) in [4.78, 5) is 0. The molecule has 6 nitrogen and oxygen atoms in total. The summed E-state index contributed by atoms with van der Waals surface area (Å²) < 4.78 is 0. The van der Waals surface area contributed by atoms with Gasteiger partial charge in [-0.1, -0.05) is 163 Å². The summed E-state index contributed by atoms with van der Waals surface area (Å²) in [5.41, 5.74) is -4.25. The van der Waals surface area contributed by atoms with Crippen molar-refractivity contribution in [2.75, 3.05) is 0 Å². The van der Waals surface area contributed by atoms with E-state index >= 15 is 0 Å². The molecule has 234 valence electrons. The van der Waals surface area contributed by atoms with Gasteiger partial charge < -0.3 is 30.6 Å². The molecule has 0 aliphatic heterocycles. The van der Waals surface area contributed by atoms with Gasteiger partial charge in [0.2, 0.25) is 0 Å². The van der Waals surface area contributed by atoms with E-state index in [1.165, 1.54) is 0 Å². The molecule has 0 saturated carbocycles. The fourth-order valence-corrected chi connectivity index (χ4v) is 0.